The van der Waals surface area contributed by atoms with E-state index in [9.17, 15) is 0 Å². The Morgan fingerprint density at radius 1 is 1.47 bits per heavy atom. The van der Waals surface area contributed by atoms with Crippen molar-refractivity contribution in [2.24, 2.45) is 11.7 Å². The number of nitrogens with two attached hydrogens (primary N) is 1. The lowest BCUT2D eigenvalue weighted by atomic mass is 9.94. The van der Waals surface area contributed by atoms with E-state index in [4.69, 9.17) is 10.5 Å². The van der Waals surface area contributed by atoms with Crippen LogP contribution in [0.3, 0.4) is 0 Å². The average Bonchev–Trinajstić information content (AvgIpc) is 2.46. The monoisotopic (exact) mass is 262 g/mol. The molecule has 1 fully saturated rings. The number of rotatable bonds is 4. The van der Waals surface area contributed by atoms with Gasteiger partial charge in [0, 0.05) is 30.4 Å². The second-order valence-electron chi connectivity index (χ2n) is 5.54. The first-order chi connectivity index (χ1) is 9.17. The van der Waals surface area contributed by atoms with E-state index in [-0.39, 0.29) is 6.04 Å². The van der Waals surface area contributed by atoms with Gasteiger partial charge >= 0.3 is 0 Å². The lowest BCUT2D eigenvalue weighted by molar-refractivity contribution is 0.396. The molecule has 0 aromatic heterocycles. The molecule has 1 aromatic carbocycles. The van der Waals surface area contributed by atoms with Gasteiger partial charge in [0.2, 0.25) is 0 Å². The first-order valence-electron chi connectivity index (χ1n) is 7.34. The van der Waals surface area contributed by atoms with Crippen LogP contribution < -0.4 is 15.4 Å². The molecule has 2 atom stereocenters. The van der Waals surface area contributed by atoms with Gasteiger partial charge in [0.1, 0.15) is 5.75 Å². The predicted octanol–water partition coefficient (Wildman–Crippen LogP) is 3.34. The van der Waals surface area contributed by atoms with E-state index in [1.54, 1.807) is 7.11 Å². The van der Waals surface area contributed by atoms with Gasteiger partial charge in [-0.1, -0.05) is 19.4 Å². The molecule has 2 N–H and O–H groups in total. The highest BCUT2D eigenvalue weighted by atomic mass is 16.5. The Morgan fingerprint density at radius 2 is 2.26 bits per heavy atom. The molecule has 0 bridgehead atoms. The topological polar surface area (TPSA) is 38.5 Å². The van der Waals surface area contributed by atoms with Crippen molar-refractivity contribution in [2.75, 3.05) is 25.1 Å². The fourth-order valence-corrected chi connectivity index (χ4v) is 3.06. The Labute approximate surface area is 116 Å². The molecule has 1 heterocycles. The smallest absolute Gasteiger partial charge is 0.125 e. The maximum absolute atomic E-state index is 6.16. The fraction of sp³-hybridized carbons (Fsp3) is 0.625. The van der Waals surface area contributed by atoms with Crippen molar-refractivity contribution in [3.63, 3.8) is 0 Å². The third-order valence-electron chi connectivity index (χ3n) is 4.16. The van der Waals surface area contributed by atoms with E-state index in [1.165, 1.54) is 24.9 Å². The predicted molar refractivity (Wildman–Crippen MR) is 80.8 cm³/mol. The Balaban J connectivity index is 2.33. The van der Waals surface area contributed by atoms with E-state index in [0.29, 0.717) is 0 Å². The maximum atomic E-state index is 6.16. The Kier molecular flexibility index (Phi) is 4.70. The number of benzene rings is 1. The largest absolute Gasteiger partial charge is 0.496 e. The van der Waals surface area contributed by atoms with Gasteiger partial charge in [-0.2, -0.15) is 0 Å². The zero-order valence-corrected chi connectivity index (χ0v) is 12.4. The molecule has 1 aliphatic rings. The number of ether oxygens (including phenoxy) is 1. The van der Waals surface area contributed by atoms with Crippen LogP contribution in [0.4, 0.5) is 5.69 Å². The minimum atomic E-state index is -0.00634. The molecule has 3 heteroatoms. The number of nitrogens with zero attached hydrogens (tertiary/aromatic N) is 1. The zero-order chi connectivity index (χ0) is 13.8. The normalized spacial score (nSPS) is 21.3. The average molecular weight is 262 g/mol. The SMILES string of the molecule is CCC1CCCN(c2cccc(OC)c2C(C)N)C1. The minimum absolute atomic E-state index is 0.00634. The molecular weight excluding hydrogens is 236 g/mol. The van der Waals surface area contributed by atoms with Crippen molar-refractivity contribution in [1.82, 2.24) is 0 Å². The molecule has 106 valence electrons. The molecule has 0 radical (unpaired) electrons. The summed E-state index contributed by atoms with van der Waals surface area (Å²) in [6.07, 6.45) is 3.88. The number of anilines is 1. The van der Waals surface area contributed by atoms with Crippen molar-refractivity contribution in [3.8, 4) is 5.75 Å². The van der Waals surface area contributed by atoms with Gasteiger partial charge < -0.3 is 15.4 Å². The van der Waals surface area contributed by atoms with Crippen LogP contribution in [-0.4, -0.2) is 20.2 Å². The highest BCUT2D eigenvalue weighted by Crippen LogP contribution is 2.35. The summed E-state index contributed by atoms with van der Waals surface area (Å²) in [5.74, 6) is 1.71. The summed E-state index contributed by atoms with van der Waals surface area (Å²) in [6.45, 7) is 6.58. The van der Waals surface area contributed by atoms with Crippen LogP contribution in [0.15, 0.2) is 18.2 Å². The van der Waals surface area contributed by atoms with Crippen LogP contribution in [0, 0.1) is 5.92 Å². The van der Waals surface area contributed by atoms with Gasteiger partial charge in [0.25, 0.3) is 0 Å². The molecule has 3 nitrogen and oxygen atoms in total. The molecule has 0 aliphatic carbocycles. The van der Waals surface area contributed by atoms with Crippen molar-refractivity contribution < 1.29 is 4.74 Å². The van der Waals surface area contributed by atoms with Gasteiger partial charge in [-0.05, 0) is 37.8 Å². The number of piperidine rings is 1. The summed E-state index contributed by atoms with van der Waals surface area (Å²) in [5.41, 5.74) is 8.56. The van der Waals surface area contributed by atoms with Crippen LogP contribution in [-0.2, 0) is 0 Å². The van der Waals surface area contributed by atoms with E-state index in [0.717, 1.165) is 30.3 Å². The summed E-state index contributed by atoms with van der Waals surface area (Å²) in [5, 5.41) is 0. The quantitative estimate of drug-likeness (QED) is 0.904. The molecule has 19 heavy (non-hydrogen) atoms. The summed E-state index contributed by atoms with van der Waals surface area (Å²) < 4.78 is 5.48. The Bertz CT molecular complexity index is 417. The Morgan fingerprint density at radius 3 is 2.89 bits per heavy atom. The second kappa shape index (κ2) is 6.29. The van der Waals surface area contributed by atoms with Crippen LogP contribution in [0.25, 0.3) is 0 Å². The fourth-order valence-electron chi connectivity index (χ4n) is 3.06. The second-order valence-corrected chi connectivity index (χ2v) is 5.54. The van der Waals surface area contributed by atoms with Crippen LogP contribution in [0.5, 0.6) is 5.75 Å². The molecule has 1 aliphatic heterocycles. The number of hydrogen-bond acceptors (Lipinski definition) is 3. The van der Waals surface area contributed by atoms with Gasteiger partial charge in [-0.25, -0.2) is 0 Å². The zero-order valence-electron chi connectivity index (χ0n) is 12.4. The van der Waals surface area contributed by atoms with Gasteiger partial charge in [0.15, 0.2) is 0 Å². The van der Waals surface area contributed by atoms with E-state index < -0.39 is 0 Å². The van der Waals surface area contributed by atoms with E-state index >= 15 is 0 Å². The van der Waals surface area contributed by atoms with Gasteiger partial charge in [0.05, 0.1) is 7.11 Å². The lowest BCUT2D eigenvalue weighted by Crippen LogP contribution is -2.36. The van der Waals surface area contributed by atoms with Crippen LogP contribution >= 0.6 is 0 Å². The summed E-state index contributed by atoms with van der Waals surface area (Å²) in [7, 11) is 1.72. The molecule has 0 saturated carbocycles. The van der Waals surface area contributed by atoms with E-state index in [1.807, 2.05) is 13.0 Å². The Hall–Kier alpha value is -1.22. The number of hydrogen-bond donors (Lipinski definition) is 1. The highest BCUT2D eigenvalue weighted by Gasteiger charge is 2.23. The first kappa shape index (κ1) is 14.2. The molecule has 1 saturated heterocycles. The lowest BCUT2D eigenvalue weighted by Gasteiger charge is -2.36. The molecule has 2 unspecified atom stereocenters. The molecule has 2 rings (SSSR count). The molecular formula is C16H26N2O. The van der Waals surface area contributed by atoms with Crippen LogP contribution in [0.1, 0.15) is 44.7 Å². The summed E-state index contributed by atoms with van der Waals surface area (Å²) >= 11 is 0. The van der Waals surface area contributed by atoms with Gasteiger partial charge in [-0.3, -0.25) is 0 Å². The number of methoxy groups -OCH3 is 1. The standard InChI is InChI=1S/C16H26N2O/c1-4-13-7-6-10-18(11-13)14-8-5-9-15(19-3)16(14)12(2)17/h5,8-9,12-13H,4,6-7,10-11,17H2,1-3H3. The third kappa shape index (κ3) is 3.03. The van der Waals surface area contributed by atoms with Crippen molar-refractivity contribution >= 4 is 5.69 Å². The van der Waals surface area contributed by atoms with Crippen LogP contribution in [0.2, 0.25) is 0 Å². The third-order valence-corrected chi connectivity index (χ3v) is 4.16. The highest BCUT2D eigenvalue weighted by molar-refractivity contribution is 5.61. The molecule has 0 spiro atoms. The molecule has 1 aromatic rings. The van der Waals surface area contributed by atoms with E-state index in [2.05, 4.69) is 24.0 Å². The molecule has 0 amide bonds. The van der Waals surface area contributed by atoms with Crippen molar-refractivity contribution in [2.45, 2.75) is 39.2 Å². The van der Waals surface area contributed by atoms with Crippen molar-refractivity contribution in [3.05, 3.63) is 23.8 Å². The summed E-state index contributed by atoms with van der Waals surface area (Å²) in [6, 6.07) is 6.24. The summed E-state index contributed by atoms with van der Waals surface area (Å²) in [4.78, 5) is 2.48. The van der Waals surface area contributed by atoms with Crippen molar-refractivity contribution in [1.29, 1.82) is 0 Å². The first-order valence-corrected chi connectivity index (χ1v) is 7.34. The minimum Gasteiger partial charge on any atom is -0.496 e. The van der Waals surface area contributed by atoms with Gasteiger partial charge in [-0.15, -0.1) is 0 Å². The maximum Gasteiger partial charge on any atom is 0.125 e.